The highest BCUT2D eigenvalue weighted by Gasteiger charge is 2.41. The summed E-state index contributed by atoms with van der Waals surface area (Å²) in [6, 6.07) is 7.72. The minimum Gasteiger partial charge on any atom is -0.346 e. The monoisotopic (exact) mass is 243 g/mol. The maximum atomic E-state index is 5.87. The van der Waals surface area contributed by atoms with E-state index in [1.165, 1.54) is 12.8 Å². The molecule has 2 aromatic rings. The van der Waals surface area contributed by atoms with E-state index in [0.29, 0.717) is 18.4 Å². The van der Waals surface area contributed by atoms with Gasteiger partial charge in [0.05, 0.1) is 11.1 Å². The van der Waals surface area contributed by atoms with Crippen molar-refractivity contribution in [2.45, 2.75) is 25.3 Å². The van der Waals surface area contributed by atoms with Crippen molar-refractivity contribution in [3.63, 3.8) is 0 Å². The Morgan fingerprint density at radius 3 is 2.67 bits per heavy atom. The molecule has 1 aromatic carbocycles. The molecule has 1 fully saturated rings. The van der Waals surface area contributed by atoms with Crippen molar-refractivity contribution in [3.05, 3.63) is 24.3 Å². The fourth-order valence-corrected chi connectivity index (χ4v) is 2.23. The Morgan fingerprint density at radius 2 is 2.00 bits per heavy atom. The SMILES string of the molecule is CC(CN)(Nc1nnc2ccccc2n1)C1CC1. The second-order valence-electron chi connectivity index (χ2n) is 5.14. The standard InChI is InChI=1S/C13H17N5/c1-13(8-14,9-6-7-9)16-12-15-10-4-2-3-5-11(10)17-18-12/h2-5,9H,6-8,14H2,1H3,(H,15,16,18). The fraction of sp³-hybridized carbons (Fsp3) is 0.462. The zero-order valence-electron chi connectivity index (χ0n) is 10.4. The molecule has 1 aliphatic carbocycles. The summed E-state index contributed by atoms with van der Waals surface area (Å²) in [7, 11) is 0. The van der Waals surface area contributed by atoms with E-state index in [-0.39, 0.29) is 5.54 Å². The highest BCUT2D eigenvalue weighted by Crippen LogP contribution is 2.40. The van der Waals surface area contributed by atoms with Gasteiger partial charge >= 0.3 is 0 Å². The molecule has 1 saturated carbocycles. The van der Waals surface area contributed by atoms with E-state index in [1.54, 1.807) is 0 Å². The van der Waals surface area contributed by atoms with E-state index in [9.17, 15) is 0 Å². The van der Waals surface area contributed by atoms with Crippen LogP contribution >= 0.6 is 0 Å². The number of hydrogen-bond donors (Lipinski definition) is 2. The van der Waals surface area contributed by atoms with Crippen LogP contribution in [0, 0.1) is 5.92 Å². The average Bonchev–Trinajstić information content (AvgIpc) is 3.23. The molecule has 1 heterocycles. The molecule has 1 aromatic heterocycles. The number of nitrogens with one attached hydrogen (secondary N) is 1. The molecule has 1 unspecified atom stereocenters. The van der Waals surface area contributed by atoms with Gasteiger partial charge in [-0.1, -0.05) is 12.1 Å². The lowest BCUT2D eigenvalue weighted by atomic mass is 9.96. The van der Waals surface area contributed by atoms with Crippen molar-refractivity contribution in [2.24, 2.45) is 11.7 Å². The van der Waals surface area contributed by atoms with Gasteiger partial charge in [0.1, 0.15) is 5.52 Å². The van der Waals surface area contributed by atoms with Gasteiger partial charge in [0.15, 0.2) is 0 Å². The summed E-state index contributed by atoms with van der Waals surface area (Å²) in [5, 5.41) is 11.6. The van der Waals surface area contributed by atoms with Gasteiger partial charge in [-0.3, -0.25) is 0 Å². The van der Waals surface area contributed by atoms with Crippen LogP contribution in [0.5, 0.6) is 0 Å². The average molecular weight is 243 g/mol. The van der Waals surface area contributed by atoms with Gasteiger partial charge in [-0.2, -0.15) is 0 Å². The zero-order chi connectivity index (χ0) is 12.6. The third kappa shape index (κ3) is 2.01. The Morgan fingerprint density at radius 1 is 1.28 bits per heavy atom. The molecule has 18 heavy (non-hydrogen) atoms. The van der Waals surface area contributed by atoms with Crippen molar-refractivity contribution >= 4 is 17.0 Å². The van der Waals surface area contributed by atoms with Gasteiger partial charge in [0.25, 0.3) is 0 Å². The number of para-hydroxylation sites is 1. The van der Waals surface area contributed by atoms with E-state index < -0.39 is 0 Å². The second-order valence-corrected chi connectivity index (χ2v) is 5.14. The molecule has 1 atom stereocenters. The summed E-state index contributed by atoms with van der Waals surface area (Å²) in [4.78, 5) is 4.48. The Labute approximate surface area is 106 Å². The van der Waals surface area contributed by atoms with Crippen molar-refractivity contribution in [2.75, 3.05) is 11.9 Å². The summed E-state index contributed by atoms with van der Waals surface area (Å²) >= 11 is 0. The third-order valence-corrected chi connectivity index (χ3v) is 3.66. The first-order chi connectivity index (χ1) is 8.71. The predicted octanol–water partition coefficient (Wildman–Crippen LogP) is 1.56. The molecule has 0 radical (unpaired) electrons. The van der Waals surface area contributed by atoms with Crippen LogP contribution in [0.4, 0.5) is 5.95 Å². The Balaban J connectivity index is 1.90. The summed E-state index contributed by atoms with van der Waals surface area (Å²) in [5.41, 5.74) is 7.41. The maximum absolute atomic E-state index is 5.87. The molecular formula is C13H17N5. The number of rotatable bonds is 4. The summed E-state index contributed by atoms with van der Waals surface area (Å²) in [6.07, 6.45) is 2.45. The molecule has 1 aliphatic rings. The molecule has 3 rings (SSSR count). The molecule has 5 heteroatoms. The van der Waals surface area contributed by atoms with E-state index >= 15 is 0 Å². The maximum Gasteiger partial charge on any atom is 0.243 e. The minimum absolute atomic E-state index is 0.121. The number of hydrogen-bond acceptors (Lipinski definition) is 5. The van der Waals surface area contributed by atoms with Gasteiger partial charge in [0, 0.05) is 6.54 Å². The molecule has 0 aliphatic heterocycles. The molecular weight excluding hydrogens is 226 g/mol. The van der Waals surface area contributed by atoms with E-state index in [1.807, 2.05) is 24.3 Å². The van der Waals surface area contributed by atoms with Crippen molar-refractivity contribution < 1.29 is 0 Å². The number of benzene rings is 1. The van der Waals surface area contributed by atoms with Gasteiger partial charge in [-0.05, 0) is 37.8 Å². The van der Waals surface area contributed by atoms with E-state index in [2.05, 4.69) is 27.4 Å². The number of nitrogens with zero attached hydrogens (tertiary/aromatic N) is 3. The molecule has 0 spiro atoms. The number of anilines is 1. The predicted molar refractivity (Wildman–Crippen MR) is 71.1 cm³/mol. The second kappa shape index (κ2) is 4.17. The summed E-state index contributed by atoms with van der Waals surface area (Å²) in [5.74, 6) is 1.19. The quantitative estimate of drug-likeness (QED) is 0.852. The first-order valence-electron chi connectivity index (χ1n) is 6.29. The van der Waals surface area contributed by atoms with Crippen LogP contribution in [0.25, 0.3) is 11.0 Å². The lowest BCUT2D eigenvalue weighted by Gasteiger charge is -2.29. The Bertz CT molecular complexity index is 566. The normalized spacial score (nSPS) is 18.6. The van der Waals surface area contributed by atoms with E-state index in [0.717, 1.165) is 11.0 Å². The molecule has 0 amide bonds. The van der Waals surface area contributed by atoms with Crippen molar-refractivity contribution in [3.8, 4) is 0 Å². The van der Waals surface area contributed by atoms with Crippen LogP contribution in [-0.2, 0) is 0 Å². The smallest absolute Gasteiger partial charge is 0.243 e. The first-order valence-corrected chi connectivity index (χ1v) is 6.29. The lowest BCUT2D eigenvalue weighted by molar-refractivity contribution is 0.455. The Hall–Kier alpha value is -1.75. The molecule has 5 nitrogen and oxygen atoms in total. The van der Waals surface area contributed by atoms with Gasteiger partial charge in [-0.15, -0.1) is 10.2 Å². The van der Waals surface area contributed by atoms with Crippen LogP contribution < -0.4 is 11.1 Å². The lowest BCUT2D eigenvalue weighted by Crippen LogP contribution is -2.45. The fourth-order valence-electron chi connectivity index (χ4n) is 2.23. The first kappa shape index (κ1) is 11.3. The molecule has 94 valence electrons. The van der Waals surface area contributed by atoms with Gasteiger partial charge in [0.2, 0.25) is 5.95 Å². The minimum atomic E-state index is -0.121. The Kier molecular flexibility index (Phi) is 2.63. The molecule has 0 saturated heterocycles. The highest BCUT2D eigenvalue weighted by atomic mass is 15.3. The van der Waals surface area contributed by atoms with Crippen molar-refractivity contribution in [1.29, 1.82) is 0 Å². The number of nitrogens with two attached hydrogens (primary N) is 1. The zero-order valence-corrected chi connectivity index (χ0v) is 10.4. The number of aromatic nitrogens is 3. The van der Waals surface area contributed by atoms with Crippen LogP contribution in [0.1, 0.15) is 19.8 Å². The molecule has 3 N–H and O–H groups in total. The van der Waals surface area contributed by atoms with E-state index in [4.69, 9.17) is 5.73 Å². The third-order valence-electron chi connectivity index (χ3n) is 3.66. The van der Waals surface area contributed by atoms with Gasteiger partial charge < -0.3 is 11.1 Å². The van der Waals surface area contributed by atoms with Crippen LogP contribution in [0.2, 0.25) is 0 Å². The van der Waals surface area contributed by atoms with Crippen LogP contribution in [0.3, 0.4) is 0 Å². The van der Waals surface area contributed by atoms with Crippen LogP contribution in [0.15, 0.2) is 24.3 Å². The topological polar surface area (TPSA) is 76.7 Å². The van der Waals surface area contributed by atoms with Crippen molar-refractivity contribution in [1.82, 2.24) is 15.2 Å². The van der Waals surface area contributed by atoms with Crippen LogP contribution in [-0.4, -0.2) is 27.3 Å². The molecule has 0 bridgehead atoms. The van der Waals surface area contributed by atoms with Gasteiger partial charge in [-0.25, -0.2) is 4.98 Å². The summed E-state index contributed by atoms with van der Waals surface area (Å²) < 4.78 is 0. The highest BCUT2D eigenvalue weighted by molar-refractivity contribution is 5.74. The number of fused-ring (bicyclic) bond motifs is 1. The largest absolute Gasteiger partial charge is 0.346 e. The summed E-state index contributed by atoms with van der Waals surface area (Å²) in [6.45, 7) is 2.71.